The monoisotopic (exact) mass is 608 g/mol. The Labute approximate surface area is 257 Å². The zero-order valence-electron chi connectivity index (χ0n) is 26.0. The molecule has 0 saturated carbocycles. The van der Waals surface area contributed by atoms with Crippen LogP contribution in [0.3, 0.4) is 0 Å². The molecule has 44 heavy (non-hydrogen) atoms. The maximum atomic E-state index is 14.0. The normalized spacial score (nSPS) is 13.1. The van der Waals surface area contributed by atoms with Gasteiger partial charge < -0.3 is 29.6 Å². The van der Waals surface area contributed by atoms with Crippen LogP contribution in [0.25, 0.3) is 28.3 Å². The number of esters is 2. The molecule has 0 bridgehead atoms. The number of benzene rings is 2. The molecule has 3 aromatic rings. The Bertz CT molecular complexity index is 1470. The topological polar surface area (TPSA) is 127 Å². The molecular formula is C34H41FN2O7. The van der Waals surface area contributed by atoms with Crippen molar-refractivity contribution in [1.82, 2.24) is 9.88 Å². The van der Waals surface area contributed by atoms with Gasteiger partial charge in [0.15, 0.2) is 0 Å². The SMILES string of the molecule is COC(=O)C[C@H](O)C[C@H](O)C=Cc1c(-c2ccc(F)cc2)c(-c2ccccc2)c(C(=O)NCC(=O)OC(C)(C)C)n1C(C)C. The van der Waals surface area contributed by atoms with Crippen LogP contribution in [0.5, 0.6) is 0 Å². The first-order chi connectivity index (χ1) is 20.7. The van der Waals surface area contributed by atoms with Crippen LogP contribution in [0.4, 0.5) is 4.39 Å². The smallest absolute Gasteiger partial charge is 0.325 e. The number of aliphatic hydroxyl groups excluding tert-OH is 2. The van der Waals surface area contributed by atoms with Gasteiger partial charge in [-0.2, -0.15) is 0 Å². The van der Waals surface area contributed by atoms with E-state index in [0.29, 0.717) is 27.9 Å². The number of ether oxygens (including phenoxy) is 2. The molecule has 1 aromatic heterocycles. The van der Waals surface area contributed by atoms with Crippen molar-refractivity contribution in [2.24, 2.45) is 0 Å². The summed E-state index contributed by atoms with van der Waals surface area (Å²) in [6.07, 6.45) is 0.435. The number of hydrogen-bond donors (Lipinski definition) is 3. The molecule has 9 nitrogen and oxygen atoms in total. The van der Waals surface area contributed by atoms with Crippen molar-refractivity contribution in [3.63, 3.8) is 0 Å². The third-order valence-corrected chi connectivity index (χ3v) is 6.60. The van der Waals surface area contributed by atoms with Crippen LogP contribution >= 0.6 is 0 Å². The van der Waals surface area contributed by atoms with E-state index in [2.05, 4.69) is 10.1 Å². The predicted molar refractivity (Wildman–Crippen MR) is 166 cm³/mol. The number of rotatable bonds is 12. The summed E-state index contributed by atoms with van der Waals surface area (Å²) in [7, 11) is 1.22. The molecule has 3 rings (SSSR count). The fraction of sp³-hybridized carbons (Fsp3) is 0.382. The third-order valence-electron chi connectivity index (χ3n) is 6.60. The zero-order chi connectivity index (χ0) is 32.6. The lowest BCUT2D eigenvalue weighted by atomic mass is 9.94. The molecule has 10 heteroatoms. The van der Waals surface area contributed by atoms with Crippen molar-refractivity contribution in [2.75, 3.05) is 13.7 Å². The number of aliphatic hydroxyl groups is 2. The first-order valence-corrected chi connectivity index (χ1v) is 14.4. The van der Waals surface area contributed by atoms with E-state index in [0.717, 1.165) is 0 Å². The summed E-state index contributed by atoms with van der Waals surface area (Å²) in [6.45, 7) is 8.63. The maximum absolute atomic E-state index is 14.0. The highest BCUT2D eigenvalue weighted by atomic mass is 19.1. The molecule has 0 aliphatic carbocycles. The highest BCUT2D eigenvalue weighted by Gasteiger charge is 2.30. The fourth-order valence-electron chi connectivity index (χ4n) is 4.86. The summed E-state index contributed by atoms with van der Waals surface area (Å²) in [5.74, 6) is -2.15. The van der Waals surface area contributed by atoms with Crippen LogP contribution in [0.15, 0.2) is 60.7 Å². The van der Waals surface area contributed by atoms with Gasteiger partial charge in [0.05, 0.1) is 25.7 Å². The number of nitrogens with zero attached hydrogens (tertiary/aromatic N) is 1. The number of halogens is 1. The Morgan fingerprint density at radius 2 is 1.57 bits per heavy atom. The Kier molecular flexibility index (Phi) is 11.6. The van der Waals surface area contributed by atoms with E-state index in [1.807, 2.05) is 44.2 Å². The second-order valence-electron chi connectivity index (χ2n) is 11.7. The third kappa shape index (κ3) is 9.11. The van der Waals surface area contributed by atoms with Crippen LogP contribution < -0.4 is 5.32 Å². The molecule has 0 aliphatic rings. The maximum Gasteiger partial charge on any atom is 0.325 e. The van der Waals surface area contributed by atoms with Gasteiger partial charge in [0.2, 0.25) is 0 Å². The summed E-state index contributed by atoms with van der Waals surface area (Å²) in [4.78, 5) is 38.0. The van der Waals surface area contributed by atoms with Gasteiger partial charge in [-0.05, 0) is 64.0 Å². The van der Waals surface area contributed by atoms with Gasteiger partial charge in [0.1, 0.15) is 23.7 Å². The molecule has 3 N–H and O–H groups in total. The van der Waals surface area contributed by atoms with E-state index >= 15 is 0 Å². The average molecular weight is 609 g/mol. The number of carbonyl (C=O) groups excluding carboxylic acids is 3. The minimum Gasteiger partial charge on any atom is -0.469 e. The molecule has 0 spiro atoms. The second kappa shape index (κ2) is 14.9. The molecule has 236 valence electrons. The number of amides is 1. The van der Waals surface area contributed by atoms with Crippen LogP contribution in [0.1, 0.15) is 69.7 Å². The van der Waals surface area contributed by atoms with Gasteiger partial charge in [-0.1, -0.05) is 48.5 Å². The largest absolute Gasteiger partial charge is 0.469 e. The molecule has 0 unspecified atom stereocenters. The quantitative estimate of drug-likeness (QED) is 0.238. The Morgan fingerprint density at radius 1 is 0.955 bits per heavy atom. The summed E-state index contributed by atoms with van der Waals surface area (Å²) in [5.41, 5.74) is 2.54. The van der Waals surface area contributed by atoms with Gasteiger partial charge in [-0.25, -0.2) is 4.39 Å². The standard InChI is InChI=1S/C34H41FN2O7/c1-21(2)37-27(17-16-25(38)18-26(39)19-28(40)43-6)30(23-12-14-24(35)15-13-23)31(22-10-8-7-9-11-22)32(37)33(42)36-20-29(41)44-34(3,4)5/h7-17,21,25-26,38-39H,18-20H2,1-6H3,(H,36,42)/t25-,26-/m1/s1. The predicted octanol–water partition coefficient (Wildman–Crippen LogP) is 5.30. The van der Waals surface area contributed by atoms with Gasteiger partial charge in [-0.3, -0.25) is 14.4 Å². The highest BCUT2D eigenvalue weighted by Crippen LogP contribution is 2.42. The summed E-state index contributed by atoms with van der Waals surface area (Å²) >= 11 is 0. The van der Waals surface area contributed by atoms with E-state index in [-0.39, 0.29) is 31.1 Å². The van der Waals surface area contributed by atoms with E-state index in [9.17, 15) is 29.0 Å². The van der Waals surface area contributed by atoms with Crippen LogP contribution in [-0.4, -0.2) is 64.1 Å². The van der Waals surface area contributed by atoms with Crippen LogP contribution in [0.2, 0.25) is 0 Å². The lowest BCUT2D eigenvalue weighted by Crippen LogP contribution is -2.35. The van der Waals surface area contributed by atoms with Gasteiger partial charge in [0, 0.05) is 29.3 Å². The highest BCUT2D eigenvalue weighted by molar-refractivity contribution is 6.07. The number of aromatic nitrogens is 1. The van der Waals surface area contributed by atoms with E-state index in [4.69, 9.17) is 4.74 Å². The molecule has 0 radical (unpaired) electrons. The molecule has 0 fully saturated rings. The van der Waals surface area contributed by atoms with Crippen molar-refractivity contribution >= 4 is 23.9 Å². The molecule has 1 amide bonds. The Hall–Kier alpha value is -4.28. The molecule has 1 heterocycles. The molecule has 2 atom stereocenters. The van der Waals surface area contributed by atoms with Gasteiger partial charge >= 0.3 is 11.9 Å². The summed E-state index contributed by atoms with van der Waals surface area (Å²) < 4.78 is 25.8. The second-order valence-corrected chi connectivity index (χ2v) is 11.7. The van der Waals surface area contributed by atoms with Crippen molar-refractivity contribution in [1.29, 1.82) is 0 Å². The summed E-state index contributed by atoms with van der Waals surface area (Å²) in [6, 6.07) is 14.8. The first-order valence-electron chi connectivity index (χ1n) is 14.4. The minimum atomic E-state index is -1.14. The lowest BCUT2D eigenvalue weighted by molar-refractivity contribution is -0.153. The average Bonchev–Trinajstić information content (AvgIpc) is 3.30. The molecular weight excluding hydrogens is 567 g/mol. The fourth-order valence-corrected chi connectivity index (χ4v) is 4.86. The van der Waals surface area contributed by atoms with Gasteiger partial charge in [0.25, 0.3) is 5.91 Å². The molecule has 0 aliphatic heterocycles. The number of hydrogen-bond acceptors (Lipinski definition) is 7. The van der Waals surface area contributed by atoms with Gasteiger partial charge in [-0.15, -0.1) is 0 Å². The Morgan fingerprint density at radius 3 is 2.14 bits per heavy atom. The van der Waals surface area contributed by atoms with E-state index in [1.54, 1.807) is 43.5 Å². The van der Waals surface area contributed by atoms with Crippen molar-refractivity contribution in [3.05, 3.63) is 77.9 Å². The van der Waals surface area contributed by atoms with E-state index in [1.165, 1.54) is 25.3 Å². The van der Waals surface area contributed by atoms with Crippen molar-refractivity contribution in [2.45, 2.75) is 71.3 Å². The van der Waals surface area contributed by atoms with Crippen LogP contribution in [-0.2, 0) is 19.1 Å². The van der Waals surface area contributed by atoms with E-state index < -0.39 is 41.5 Å². The lowest BCUT2D eigenvalue weighted by Gasteiger charge is -2.20. The van der Waals surface area contributed by atoms with Crippen LogP contribution in [0, 0.1) is 5.82 Å². The summed E-state index contributed by atoms with van der Waals surface area (Å²) in [5, 5.41) is 23.7. The minimum absolute atomic E-state index is 0.130. The van der Waals surface area contributed by atoms with Crippen molar-refractivity contribution in [3.8, 4) is 22.3 Å². The molecule has 0 saturated heterocycles. The zero-order valence-corrected chi connectivity index (χ0v) is 26.0. The number of carbonyl (C=O) groups is 3. The number of nitrogens with one attached hydrogen (secondary N) is 1. The van der Waals surface area contributed by atoms with Crippen molar-refractivity contribution < 1.29 is 38.5 Å². The Balaban J connectivity index is 2.21. The number of methoxy groups -OCH3 is 1. The first kappa shape index (κ1) is 34.2. The molecule has 2 aromatic carbocycles.